The Morgan fingerprint density at radius 1 is 0.848 bits per heavy atom. The zero-order chi connectivity index (χ0) is 23.7. The van der Waals surface area contributed by atoms with Gasteiger partial charge in [-0.2, -0.15) is 11.8 Å². The van der Waals surface area contributed by atoms with Gasteiger partial charge >= 0.3 is 5.97 Å². The van der Waals surface area contributed by atoms with E-state index in [9.17, 15) is 14.4 Å². The molecule has 2 aliphatic heterocycles. The lowest BCUT2D eigenvalue weighted by Crippen LogP contribution is -2.29. The zero-order valence-electron chi connectivity index (χ0n) is 20.1. The summed E-state index contributed by atoms with van der Waals surface area (Å²) in [6.07, 6.45) is 12.7. The Labute approximate surface area is 203 Å². The maximum atomic E-state index is 12.1. The third kappa shape index (κ3) is 12.8. The first-order chi connectivity index (χ1) is 16.1. The van der Waals surface area contributed by atoms with E-state index in [0.717, 1.165) is 63.7 Å². The van der Waals surface area contributed by atoms with E-state index in [2.05, 4.69) is 5.32 Å². The lowest BCUT2D eigenvalue weighted by Gasteiger charge is -2.15. The zero-order valence-corrected chi connectivity index (χ0v) is 20.9. The fourth-order valence-electron chi connectivity index (χ4n) is 4.58. The molecule has 8 heteroatoms. The second kappa shape index (κ2) is 17.3. The predicted octanol–water partition coefficient (Wildman–Crippen LogP) is 4.36. The van der Waals surface area contributed by atoms with E-state index in [-0.39, 0.29) is 12.3 Å². The summed E-state index contributed by atoms with van der Waals surface area (Å²) >= 11 is 1.99. The highest BCUT2D eigenvalue weighted by molar-refractivity contribution is 8.00. The number of thioether (sulfide) groups is 1. The van der Waals surface area contributed by atoms with Gasteiger partial charge in [-0.3, -0.25) is 14.4 Å². The van der Waals surface area contributed by atoms with Gasteiger partial charge in [0.1, 0.15) is 5.78 Å². The second-order valence-corrected chi connectivity index (χ2v) is 10.6. The first kappa shape index (κ1) is 28.1. The van der Waals surface area contributed by atoms with Gasteiger partial charge in [0.25, 0.3) is 0 Å². The molecule has 3 unspecified atom stereocenters. The first-order valence-corrected chi connectivity index (χ1v) is 13.9. The molecule has 0 spiro atoms. The largest absolute Gasteiger partial charge is 0.481 e. The van der Waals surface area contributed by atoms with Crippen molar-refractivity contribution in [2.45, 2.75) is 101 Å². The minimum atomic E-state index is -0.811. The van der Waals surface area contributed by atoms with Crippen molar-refractivity contribution in [2.75, 3.05) is 32.2 Å². The van der Waals surface area contributed by atoms with Crippen LogP contribution in [-0.2, 0) is 23.9 Å². The van der Waals surface area contributed by atoms with Gasteiger partial charge in [-0.05, 0) is 32.1 Å². The summed E-state index contributed by atoms with van der Waals surface area (Å²) < 4.78 is 10.9. The molecular formula is C25H43NO6S. The van der Waals surface area contributed by atoms with E-state index in [1.54, 1.807) is 0 Å². The first-order valence-electron chi connectivity index (χ1n) is 12.9. The number of aliphatic carboxylic acids is 1. The van der Waals surface area contributed by atoms with Crippen molar-refractivity contribution in [3.63, 3.8) is 0 Å². The third-order valence-corrected chi connectivity index (χ3v) is 8.04. The minimum absolute atomic E-state index is 0.0810. The molecule has 2 fully saturated rings. The maximum Gasteiger partial charge on any atom is 0.305 e. The summed E-state index contributed by atoms with van der Waals surface area (Å²) in [6.45, 7) is 2.39. The van der Waals surface area contributed by atoms with Crippen LogP contribution in [-0.4, -0.2) is 66.2 Å². The molecule has 33 heavy (non-hydrogen) atoms. The van der Waals surface area contributed by atoms with Crippen molar-refractivity contribution in [3.8, 4) is 0 Å². The monoisotopic (exact) mass is 485 g/mol. The normalized spacial score (nSPS) is 21.8. The third-order valence-electron chi connectivity index (χ3n) is 6.48. The number of unbranched alkanes of at least 4 members (excludes halogenated alkanes) is 6. The van der Waals surface area contributed by atoms with Crippen LogP contribution in [0.4, 0.5) is 0 Å². The maximum absolute atomic E-state index is 12.1. The number of rotatable bonds is 21. The number of nitrogens with one attached hydrogen (secondary N) is 1. The van der Waals surface area contributed by atoms with Gasteiger partial charge in [0.15, 0.2) is 0 Å². The molecule has 0 bridgehead atoms. The number of ether oxygens (including phenoxy) is 2. The number of hydrogen-bond donors (Lipinski definition) is 2. The van der Waals surface area contributed by atoms with Crippen molar-refractivity contribution in [1.29, 1.82) is 0 Å². The van der Waals surface area contributed by atoms with Gasteiger partial charge in [0, 0.05) is 62.0 Å². The molecule has 1 amide bonds. The average Bonchev–Trinajstić information content (AvgIpc) is 3.33. The van der Waals surface area contributed by atoms with E-state index in [1.807, 2.05) is 11.8 Å². The van der Waals surface area contributed by atoms with Gasteiger partial charge in [0.05, 0.1) is 13.0 Å². The van der Waals surface area contributed by atoms with Gasteiger partial charge in [-0.15, -0.1) is 0 Å². The summed E-state index contributed by atoms with van der Waals surface area (Å²) in [5.74, 6) is 1.30. The van der Waals surface area contributed by atoms with E-state index in [0.29, 0.717) is 62.1 Å². The van der Waals surface area contributed by atoms with Gasteiger partial charge in [-0.1, -0.05) is 32.1 Å². The summed E-state index contributed by atoms with van der Waals surface area (Å²) in [4.78, 5) is 33.9. The van der Waals surface area contributed by atoms with E-state index in [4.69, 9.17) is 14.6 Å². The van der Waals surface area contributed by atoms with E-state index >= 15 is 0 Å². The van der Waals surface area contributed by atoms with Crippen molar-refractivity contribution >= 4 is 29.4 Å². The molecule has 2 heterocycles. The van der Waals surface area contributed by atoms with Crippen LogP contribution >= 0.6 is 11.8 Å². The number of amides is 1. The van der Waals surface area contributed by atoms with Gasteiger partial charge in [0.2, 0.25) is 5.91 Å². The molecule has 0 saturated carbocycles. The fourth-order valence-corrected chi connectivity index (χ4v) is 6.23. The second-order valence-electron chi connectivity index (χ2n) is 9.29. The molecule has 2 N–H and O–H groups in total. The molecule has 2 rings (SSSR count). The minimum Gasteiger partial charge on any atom is -0.481 e. The predicted molar refractivity (Wildman–Crippen MR) is 131 cm³/mol. The van der Waals surface area contributed by atoms with Crippen LogP contribution in [0.2, 0.25) is 0 Å². The topological polar surface area (TPSA) is 102 Å². The standard InChI is InChI=1S/C25H43NO6S/c27-20(10-5-6-12-23-21-18-24(28)26-22(21)19-33-23)11-9-16-31-14-7-3-1-2-4-8-15-32-17-13-25(29)30/h21-23H,1-19H2,(H,26,28)(H,29,30). The number of fused-ring (bicyclic) bond motifs is 1. The lowest BCUT2D eigenvalue weighted by atomic mass is 9.94. The van der Waals surface area contributed by atoms with Crippen LogP contribution in [0.25, 0.3) is 0 Å². The van der Waals surface area contributed by atoms with Crippen molar-refractivity contribution in [1.82, 2.24) is 5.32 Å². The van der Waals surface area contributed by atoms with Crippen molar-refractivity contribution in [2.24, 2.45) is 5.92 Å². The van der Waals surface area contributed by atoms with Crippen LogP contribution in [0, 0.1) is 5.92 Å². The molecule has 2 saturated heterocycles. The quantitative estimate of drug-likeness (QED) is 0.233. The highest BCUT2D eigenvalue weighted by Gasteiger charge is 2.42. The van der Waals surface area contributed by atoms with Crippen LogP contribution in [0.1, 0.15) is 89.9 Å². The fraction of sp³-hybridized carbons (Fsp3) is 0.880. The molecule has 3 atom stereocenters. The number of carbonyl (C=O) groups is 3. The molecular weight excluding hydrogens is 442 g/mol. The summed E-state index contributed by atoms with van der Waals surface area (Å²) in [5, 5.41) is 12.2. The number of carbonyl (C=O) groups excluding carboxylic acids is 2. The van der Waals surface area contributed by atoms with Crippen LogP contribution in [0.3, 0.4) is 0 Å². The number of carboxylic acid groups (broad SMARTS) is 1. The molecule has 0 aliphatic carbocycles. The Bertz CT molecular complexity index is 587. The van der Waals surface area contributed by atoms with E-state index < -0.39 is 5.97 Å². The Morgan fingerprint density at radius 3 is 2.21 bits per heavy atom. The van der Waals surface area contributed by atoms with Crippen molar-refractivity contribution < 1.29 is 29.0 Å². The smallest absolute Gasteiger partial charge is 0.305 e. The molecule has 2 aliphatic rings. The van der Waals surface area contributed by atoms with E-state index in [1.165, 1.54) is 12.8 Å². The summed E-state index contributed by atoms with van der Waals surface area (Å²) in [5.41, 5.74) is 0. The average molecular weight is 486 g/mol. The molecule has 0 aromatic rings. The number of Topliss-reactive ketones (excluding diaryl/α,β-unsaturated/α-hetero) is 1. The number of hydrogen-bond acceptors (Lipinski definition) is 6. The Balaban J connectivity index is 1.28. The van der Waals surface area contributed by atoms with Crippen LogP contribution in [0.5, 0.6) is 0 Å². The highest BCUT2D eigenvalue weighted by atomic mass is 32.2. The Hall–Kier alpha value is -1.12. The Morgan fingerprint density at radius 2 is 1.48 bits per heavy atom. The van der Waals surface area contributed by atoms with Gasteiger partial charge in [-0.25, -0.2) is 0 Å². The summed E-state index contributed by atoms with van der Waals surface area (Å²) in [7, 11) is 0. The molecule has 190 valence electrons. The lowest BCUT2D eigenvalue weighted by molar-refractivity contribution is -0.138. The highest BCUT2D eigenvalue weighted by Crippen LogP contribution is 2.40. The molecule has 0 radical (unpaired) electrons. The number of carboxylic acids is 1. The Kier molecular flexibility index (Phi) is 14.8. The number of ketones is 1. The molecule has 0 aromatic heterocycles. The SMILES string of the molecule is O=C(O)CCOCCCCCCCCOCCCC(=O)CCCCC1SCC2NC(=O)CC21. The van der Waals surface area contributed by atoms with Crippen LogP contribution in [0.15, 0.2) is 0 Å². The molecule has 0 aromatic carbocycles. The summed E-state index contributed by atoms with van der Waals surface area (Å²) in [6, 6.07) is 0.386. The molecule has 7 nitrogen and oxygen atoms in total. The van der Waals surface area contributed by atoms with Gasteiger partial charge < -0.3 is 19.9 Å². The van der Waals surface area contributed by atoms with Crippen LogP contribution < -0.4 is 5.32 Å². The van der Waals surface area contributed by atoms with Crippen molar-refractivity contribution in [3.05, 3.63) is 0 Å².